The summed E-state index contributed by atoms with van der Waals surface area (Å²) in [7, 11) is 3.54. The molecule has 0 saturated heterocycles. The van der Waals surface area contributed by atoms with E-state index in [2.05, 4.69) is 20.3 Å². The maximum Gasteiger partial charge on any atom is 0.252 e. The molecule has 7 heteroatoms. The molecule has 7 nitrogen and oxygen atoms in total. The standard InChI is InChI=1S/C23H21N5O2/c1-15-26-20-10-5-4-9-19(20)22(27-15)28(3)17-7-6-8-18(13-17)30-21-12-11-16(14-25-21)23(29)24-2/h4-14H,1-3H3,(H,24,29). The number of fused-ring (bicyclic) bond motifs is 1. The van der Waals surface area contributed by atoms with Crippen molar-refractivity contribution in [3.63, 3.8) is 0 Å². The van der Waals surface area contributed by atoms with Gasteiger partial charge in [0.15, 0.2) is 0 Å². The van der Waals surface area contributed by atoms with Crippen molar-refractivity contribution in [3.05, 3.63) is 78.2 Å². The first kappa shape index (κ1) is 19.3. The summed E-state index contributed by atoms with van der Waals surface area (Å²) >= 11 is 0. The summed E-state index contributed by atoms with van der Waals surface area (Å²) in [6.07, 6.45) is 1.49. The molecule has 0 saturated carbocycles. The number of hydrogen-bond acceptors (Lipinski definition) is 6. The summed E-state index contributed by atoms with van der Waals surface area (Å²) < 4.78 is 5.88. The number of hydrogen-bond donors (Lipinski definition) is 1. The highest BCUT2D eigenvalue weighted by Crippen LogP contribution is 2.31. The molecule has 4 rings (SSSR count). The summed E-state index contributed by atoms with van der Waals surface area (Å²) in [5.41, 5.74) is 2.29. The lowest BCUT2D eigenvalue weighted by Gasteiger charge is -2.21. The molecule has 0 spiro atoms. The maximum atomic E-state index is 11.6. The number of para-hydroxylation sites is 1. The SMILES string of the molecule is CNC(=O)c1ccc(Oc2cccc(N(C)c3nc(C)nc4ccccc34)c2)nc1. The number of carbonyl (C=O) groups is 1. The number of nitrogens with zero attached hydrogens (tertiary/aromatic N) is 4. The number of nitrogens with one attached hydrogen (secondary N) is 1. The van der Waals surface area contributed by atoms with Crippen molar-refractivity contribution >= 4 is 28.3 Å². The minimum Gasteiger partial charge on any atom is -0.439 e. The Morgan fingerprint density at radius 3 is 2.63 bits per heavy atom. The van der Waals surface area contributed by atoms with Crippen molar-refractivity contribution in [1.29, 1.82) is 0 Å². The van der Waals surface area contributed by atoms with Gasteiger partial charge in [0.2, 0.25) is 5.88 Å². The zero-order valence-electron chi connectivity index (χ0n) is 17.0. The highest BCUT2D eigenvalue weighted by atomic mass is 16.5. The van der Waals surface area contributed by atoms with Crippen LogP contribution in [0.3, 0.4) is 0 Å². The van der Waals surface area contributed by atoms with E-state index >= 15 is 0 Å². The fourth-order valence-corrected chi connectivity index (χ4v) is 3.15. The van der Waals surface area contributed by atoms with Gasteiger partial charge in [-0.15, -0.1) is 0 Å². The fraction of sp³-hybridized carbons (Fsp3) is 0.130. The van der Waals surface area contributed by atoms with Gasteiger partial charge in [0, 0.05) is 43.5 Å². The number of pyridine rings is 1. The first-order valence-electron chi connectivity index (χ1n) is 9.48. The molecule has 2 aromatic heterocycles. The molecule has 0 unspecified atom stereocenters. The van der Waals surface area contributed by atoms with E-state index in [0.717, 1.165) is 22.4 Å². The van der Waals surface area contributed by atoms with E-state index in [1.165, 1.54) is 6.20 Å². The van der Waals surface area contributed by atoms with E-state index in [1.54, 1.807) is 19.2 Å². The Morgan fingerprint density at radius 1 is 1.03 bits per heavy atom. The molecule has 4 aromatic rings. The minimum absolute atomic E-state index is 0.190. The van der Waals surface area contributed by atoms with E-state index in [0.29, 0.717) is 23.0 Å². The second-order valence-corrected chi connectivity index (χ2v) is 6.73. The first-order chi connectivity index (χ1) is 14.5. The second kappa shape index (κ2) is 8.16. The number of amides is 1. The number of carbonyl (C=O) groups excluding carboxylic acids is 1. The van der Waals surface area contributed by atoms with Crippen LogP contribution >= 0.6 is 0 Å². The van der Waals surface area contributed by atoms with E-state index in [1.807, 2.05) is 67.4 Å². The summed E-state index contributed by atoms with van der Waals surface area (Å²) in [6.45, 7) is 1.89. The van der Waals surface area contributed by atoms with Crippen molar-refractivity contribution < 1.29 is 9.53 Å². The summed E-state index contributed by atoms with van der Waals surface area (Å²) in [5.74, 6) is 2.39. The molecule has 150 valence electrons. The highest BCUT2D eigenvalue weighted by molar-refractivity contribution is 5.93. The number of aromatic nitrogens is 3. The lowest BCUT2D eigenvalue weighted by molar-refractivity contribution is 0.0962. The first-order valence-corrected chi connectivity index (χ1v) is 9.48. The molecule has 0 bridgehead atoms. The Bertz CT molecular complexity index is 1210. The second-order valence-electron chi connectivity index (χ2n) is 6.73. The van der Waals surface area contributed by atoms with Gasteiger partial charge in [-0.3, -0.25) is 4.79 Å². The van der Waals surface area contributed by atoms with E-state index < -0.39 is 0 Å². The van der Waals surface area contributed by atoms with Crippen molar-refractivity contribution in [1.82, 2.24) is 20.3 Å². The molecule has 0 aliphatic carbocycles. The van der Waals surface area contributed by atoms with Gasteiger partial charge in [-0.2, -0.15) is 0 Å². The maximum absolute atomic E-state index is 11.6. The van der Waals surface area contributed by atoms with Gasteiger partial charge < -0.3 is 15.0 Å². The van der Waals surface area contributed by atoms with Crippen molar-refractivity contribution in [3.8, 4) is 11.6 Å². The van der Waals surface area contributed by atoms with E-state index in [-0.39, 0.29) is 5.91 Å². The van der Waals surface area contributed by atoms with Crippen molar-refractivity contribution in [2.75, 3.05) is 19.0 Å². The molecule has 2 aromatic carbocycles. The molecule has 0 aliphatic heterocycles. The number of benzene rings is 2. The molecule has 1 amide bonds. The molecule has 1 N–H and O–H groups in total. The van der Waals surface area contributed by atoms with Gasteiger partial charge in [0.05, 0.1) is 11.1 Å². The highest BCUT2D eigenvalue weighted by Gasteiger charge is 2.13. The van der Waals surface area contributed by atoms with Crippen molar-refractivity contribution in [2.24, 2.45) is 0 Å². The smallest absolute Gasteiger partial charge is 0.252 e. The Balaban J connectivity index is 1.62. The third kappa shape index (κ3) is 3.91. The summed E-state index contributed by atoms with van der Waals surface area (Å²) in [4.78, 5) is 27.0. The zero-order valence-corrected chi connectivity index (χ0v) is 17.0. The monoisotopic (exact) mass is 399 g/mol. The quantitative estimate of drug-likeness (QED) is 0.540. The number of aryl methyl sites for hydroxylation is 1. The fourth-order valence-electron chi connectivity index (χ4n) is 3.15. The summed E-state index contributed by atoms with van der Waals surface area (Å²) in [6, 6.07) is 19.0. The summed E-state index contributed by atoms with van der Waals surface area (Å²) in [5, 5.41) is 3.54. The van der Waals surface area contributed by atoms with Gasteiger partial charge in [0.1, 0.15) is 17.4 Å². The van der Waals surface area contributed by atoms with Crippen LogP contribution in [0.5, 0.6) is 11.6 Å². The zero-order chi connectivity index (χ0) is 21.1. The molecule has 30 heavy (non-hydrogen) atoms. The van der Waals surface area contributed by atoms with Crippen LogP contribution in [0.1, 0.15) is 16.2 Å². The van der Waals surface area contributed by atoms with Crippen LogP contribution in [0.15, 0.2) is 66.9 Å². The van der Waals surface area contributed by atoms with Crippen molar-refractivity contribution in [2.45, 2.75) is 6.92 Å². The van der Waals surface area contributed by atoms with Crippen LogP contribution in [0.25, 0.3) is 10.9 Å². The molecular formula is C23H21N5O2. The molecular weight excluding hydrogens is 378 g/mol. The van der Waals surface area contributed by atoms with Crippen LogP contribution in [-0.4, -0.2) is 35.0 Å². The number of anilines is 2. The predicted molar refractivity (Wildman–Crippen MR) is 116 cm³/mol. The van der Waals surface area contributed by atoms with Gasteiger partial charge in [-0.05, 0) is 37.3 Å². The van der Waals surface area contributed by atoms with E-state index in [4.69, 9.17) is 4.74 Å². The molecule has 0 radical (unpaired) electrons. The molecule has 0 aliphatic rings. The predicted octanol–water partition coefficient (Wildman–Crippen LogP) is 4.25. The largest absolute Gasteiger partial charge is 0.439 e. The van der Waals surface area contributed by atoms with Crippen LogP contribution < -0.4 is 15.0 Å². The Kier molecular flexibility index (Phi) is 5.26. The lowest BCUT2D eigenvalue weighted by atomic mass is 10.2. The average molecular weight is 399 g/mol. The van der Waals surface area contributed by atoms with Gasteiger partial charge in [-0.25, -0.2) is 15.0 Å². The van der Waals surface area contributed by atoms with Gasteiger partial charge >= 0.3 is 0 Å². The third-order valence-corrected chi connectivity index (χ3v) is 4.67. The Labute approximate surface area is 174 Å². The van der Waals surface area contributed by atoms with Crippen LogP contribution in [0.2, 0.25) is 0 Å². The Morgan fingerprint density at radius 2 is 1.87 bits per heavy atom. The van der Waals surface area contributed by atoms with Gasteiger partial charge in [0.25, 0.3) is 5.91 Å². The molecule has 0 fully saturated rings. The van der Waals surface area contributed by atoms with Crippen LogP contribution in [0, 0.1) is 6.92 Å². The van der Waals surface area contributed by atoms with Gasteiger partial charge in [-0.1, -0.05) is 18.2 Å². The van der Waals surface area contributed by atoms with E-state index in [9.17, 15) is 4.79 Å². The van der Waals surface area contributed by atoms with Crippen LogP contribution in [-0.2, 0) is 0 Å². The number of rotatable bonds is 5. The molecule has 2 heterocycles. The third-order valence-electron chi connectivity index (χ3n) is 4.67. The average Bonchev–Trinajstić information content (AvgIpc) is 2.78. The van der Waals surface area contributed by atoms with Crippen LogP contribution in [0.4, 0.5) is 11.5 Å². The molecule has 0 atom stereocenters. The minimum atomic E-state index is -0.190. The topological polar surface area (TPSA) is 80.2 Å². The number of ether oxygens (including phenoxy) is 1. The normalized spacial score (nSPS) is 10.6. The lowest BCUT2D eigenvalue weighted by Crippen LogP contribution is -2.17. The Hall–Kier alpha value is -4.00.